The first-order valence-corrected chi connectivity index (χ1v) is 7.08. The molecule has 0 saturated carbocycles. The first kappa shape index (κ1) is 13.5. The monoisotopic (exact) mass is 293 g/mol. The minimum absolute atomic E-state index is 0.172. The lowest BCUT2D eigenvalue weighted by molar-refractivity contribution is 0.141. The van der Waals surface area contributed by atoms with Crippen molar-refractivity contribution < 1.29 is 9.63 Å². The number of aliphatic hydroxyl groups excluding tert-OH is 1. The average Bonchev–Trinajstić information content (AvgIpc) is 3.09. The topological polar surface area (TPSA) is 62.4 Å². The first-order chi connectivity index (χ1) is 9.78. The van der Waals surface area contributed by atoms with Crippen molar-refractivity contribution in [3.8, 4) is 11.4 Å². The van der Waals surface area contributed by atoms with Crippen LogP contribution in [0.5, 0.6) is 0 Å². The van der Waals surface area contributed by atoms with Gasteiger partial charge < -0.3 is 9.63 Å². The second-order valence-corrected chi connectivity index (χ2v) is 5.35. The Kier molecular flexibility index (Phi) is 4.00. The number of aromatic nitrogens is 2. The lowest BCUT2D eigenvalue weighted by Crippen LogP contribution is -2.31. The lowest BCUT2D eigenvalue weighted by atomic mass is 10.2. The average molecular weight is 294 g/mol. The maximum absolute atomic E-state index is 9.31. The summed E-state index contributed by atoms with van der Waals surface area (Å²) in [5, 5.41) is 13.9. The molecule has 1 fully saturated rings. The summed E-state index contributed by atoms with van der Waals surface area (Å²) in [6.45, 7) is 1.70. The van der Waals surface area contributed by atoms with Crippen LogP contribution in [-0.4, -0.2) is 39.3 Å². The van der Waals surface area contributed by atoms with Crippen LogP contribution in [0.15, 0.2) is 28.8 Å². The Hall–Kier alpha value is -1.43. The normalized spacial score (nSPS) is 19.6. The van der Waals surface area contributed by atoms with Crippen LogP contribution in [0, 0.1) is 0 Å². The van der Waals surface area contributed by atoms with Crippen molar-refractivity contribution in [2.24, 2.45) is 0 Å². The smallest absolute Gasteiger partial charge is 0.241 e. The van der Waals surface area contributed by atoms with Crippen molar-refractivity contribution in [1.29, 1.82) is 0 Å². The van der Waals surface area contributed by atoms with E-state index in [1.807, 2.05) is 18.2 Å². The summed E-state index contributed by atoms with van der Waals surface area (Å²) in [7, 11) is 0. The number of likely N-dealkylation sites (tertiary alicyclic amines) is 1. The molecule has 1 aromatic carbocycles. The molecule has 0 radical (unpaired) electrons. The Morgan fingerprint density at radius 1 is 1.40 bits per heavy atom. The van der Waals surface area contributed by atoms with Gasteiger partial charge in [0.25, 0.3) is 0 Å². The predicted octanol–water partition coefficient (Wildman–Crippen LogP) is 2.35. The van der Waals surface area contributed by atoms with E-state index in [0.717, 1.165) is 24.9 Å². The number of aliphatic hydroxyl groups is 1. The lowest BCUT2D eigenvalue weighted by Gasteiger charge is -2.20. The largest absolute Gasteiger partial charge is 0.395 e. The summed E-state index contributed by atoms with van der Waals surface area (Å²) >= 11 is 6.12. The zero-order chi connectivity index (χ0) is 13.9. The molecule has 6 heteroatoms. The van der Waals surface area contributed by atoms with Crippen LogP contribution in [0.25, 0.3) is 11.4 Å². The van der Waals surface area contributed by atoms with Gasteiger partial charge >= 0.3 is 0 Å². The predicted molar refractivity (Wildman–Crippen MR) is 75.3 cm³/mol. The Bertz CT molecular complexity index is 587. The highest BCUT2D eigenvalue weighted by molar-refractivity contribution is 6.33. The van der Waals surface area contributed by atoms with Crippen LogP contribution in [0.4, 0.5) is 0 Å². The number of hydrogen-bond donors (Lipinski definition) is 1. The fourth-order valence-corrected chi connectivity index (χ4v) is 2.78. The third-order valence-electron chi connectivity index (χ3n) is 3.63. The van der Waals surface area contributed by atoms with Gasteiger partial charge in [-0.1, -0.05) is 28.9 Å². The maximum Gasteiger partial charge on any atom is 0.241 e. The molecule has 1 aliphatic heterocycles. The molecule has 1 N–H and O–H groups in total. The summed E-state index contributed by atoms with van der Waals surface area (Å²) in [6, 6.07) is 7.62. The molecule has 2 heterocycles. The molecule has 20 heavy (non-hydrogen) atoms. The molecule has 1 aliphatic rings. The van der Waals surface area contributed by atoms with E-state index in [9.17, 15) is 5.11 Å². The van der Waals surface area contributed by atoms with Gasteiger partial charge in [0.1, 0.15) is 0 Å². The van der Waals surface area contributed by atoms with Crippen molar-refractivity contribution in [3.63, 3.8) is 0 Å². The molecule has 106 valence electrons. The Balaban J connectivity index is 1.76. The van der Waals surface area contributed by atoms with E-state index in [-0.39, 0.29) is 12.6 Å². The summed E-state index contributed by atoms with van der Waals surface area (Å²) in [6.07, 6.45) is 2.11. The highest BCUT2D eigenvalue weighted by Gasteiger charge is 2.25. The van der Waals surface area contributed by atoms with Crippen molar-refractivity contribution in [1.82, 2.24) is 15.0 Å². The quantitative estimate of drug-likeness (QED) is 0.937. The van der Waals surface area contributed by atoms with Crippen LogP contribution in [-0.2, 0) is 6.54 Å². The van der Waals surface area contributed by atoms with Gasteiger partial charge in [-0.25, -0.2) is 0 Å². The van der Waals surface area contributed by atoms with E-state index in [4.69, 9.17) is 16.1 Å². The molecule has 1 aromatic heterocycles. The number of nitrogens with zero attached hydrogens (tertiary/aromatic N) is 3. The van der Waals surface area contributed by atoms with Crippen molar-refractivity contribution in [2.75, 3.05) is 13.2 Å². The van der Waals surface area contributed by atoms with E-state index in [0.29, 0.717) is 23.3 Å². The van der Waals surface area contributed by atoms with Gasteiger partial charge in [0, 0.05) is 11.6 Å². The number of rotatable bonds is 4. The van der Waals surface area contributed by atoms with E-state index < -0.39 is 0 Å². The van der Waals surface area contributed by atoms with Crippen LogP contribution in [0.3, 0.4) is 0 Å². The number of halogens is 1. The summed E-state index contributed by atoms with van der Waals surface area (Å²) < 4.78 is 5.29. The van der Waals surface area contributed by atoms with Crippen LogP contribution < -0.4 is 0 Å². The summed E-state index contributed by atoms with van der Waals surface area (Å²) in [5.41, 5.74) is 0.768. The molecule has 0 spiro atoms. The minimum Gasteiger partial charge on any atom is -0.395 e. The van der Waals surface area contributed by atoms with Crippen LogP contribution in [0.2, 0.25) is 5.02 Å². The molecule has 3 rings (SSSR count). The second-order valence-electron chi connectivity index (χ2n) is 4.94. The second kappa shape index (κ2) is 5.91. The fraction of sp³-hybridized carbons (Fsp3) is 0.429. The Morgan fingerprint density at radius 3 is 3.05 bits per heavy atom. The van der Waals surface area contributed by atoms with Crippen LogP contribution >= 0.6 is 11.6 Å². The van der Waals surface area contributed by atoms with Crippen molar-refractivity contribution in [2.45, 2.75) is 25.4 Å². The first-order valence-electron chi connectivity index (χ1n) is 6.70. The molecule has 1 unspecified atom stereocenters. The van der Waals surface area contributed by atoms with Gasteiger partial charge in [-0.05, 0) is 31.5 Å². The zero-order valence-corrected chi connectivity index (χ0v) is 11.8. The maximum atomic E-state index is 9.31. The highest BCUT2D eigenvalue weighted by atomic mass is 35.5. The molecule has 2 aromatic rings. The van der Waals surface area contributed by atoms with Gasteiger partial charge in [-0.3, -0.25) is 4.90 Å². The summed E-state index contributed by atoms with van der Waals surface area (Å²) in [4.78, 5) is 6.56. The van der Waals surface area contributed by atoms with E-state index in [2.05, 4.69) is 15.0 Å². The van der Waals surface area contributed by atoms with Crippen molar-refractivity contribution in [3.05, 3.63) is 35.2 Å². The molecule has 0 aliphatic carbocycles. The van der Waals surface area contributed by atoms with E-state index in [1.54, 1.807) is 6.07 Å². The zero-order valence-electron chi connectivity index (χ0n) is 11.0. The SMILES string of the molecule is OCC1CCCN1Cc1nc(-c2ccccc2Cl)no1. The van der Waals surface area contributed by atoms with Crippen molar-refractivity contribution >= 4 is 11.6 Å². The molecule has 1 atom stereocenters. The molecule has 0 amide bonds. The van der Waals surface area contributed by atoms with Gasteiger partial charge in [0.05, 0.1) is 18.2 Å². The molecule has 0 bridgehead atoms. The Morgan fingerprint density at radius 2 is 2.25 bits per heavy atom. The third-order valence-corrected chi connectivity index (χ3v) is 3.96. The summed E-state index contributed by atoms with van der Waals surface area (Å²) in [5.74, 6) is 1.06. The van der Waals surface area contributed by atoms with Crippen LogP contribution in [0.1, 0.15) is 18.7 Å². The molecular formula is C14H16ClN3O2. The number of hydrogen-bond acceptors (Lipinski definition) is 5. The van der Waals surface area contributed by atoms with Gasteiger partial charge in [0.15, 0.2) is 0 Å². The molecule has 5 nitrogen and oxygen atoms in total. The van der Waals surface area contributed by atoms with Gasteiger partial charge in [-0.15, -0.1) is 0 Å². The minimum atomic E-state index is 0.172. The highest BCUT2D eigenvalue weighted by Crippen LogP contribution is 2.26. The standard InChI is InChI=1S/C14H16ClN3O2/c15-12-6-2-1-5-11(12)14-16-13(20-17-14)8-18-7-3-4-10(18)9-19/h1-2,5-6,10,19H,3-4,7-9H2. The third kappa shape index (κ3) is 2.70. The van der Waals surface area contributed by atoms with E-state index in [1.165, 1.54) is 0 Å². The van der Waals surface area contributed by atoms with E-state index >= 15 is 0 Å². The fourth-order valence-electron chi connectivity index (χ4n) is 2.55. The van der Waals surface area contributed by atoms with Gasteiger partial charge in [-0.2, -0.15) is 4.98 Å². The van der Waals surface area contributed by atoms with Gasteiger partial charge in [0.2, 0.25) is 11.7 Å². The Labute approximate surface area is 122 Å². The molecule has 1 saturated heterocycles. The molecular weight excluding hydrogens is 278 g/mol. The number of benzene rings is 1.